The van der Waals surface area contributed by atoms with Crippen LogP contribution < -0.4 is 16.0 Å². The largest absolute Gasteiger partial charge is 0.475 e. The van der Waals surface area contributed by atoms with Crippen molar-refractivity contribution in [1.82, 2.24) is 9.97 Å². The van der Waals surface area contributed by atoms with Crippen molar-refractivity contribution in [3.05, 3.63) is 12.4 Å². The molecule has 0 radical (unpaired) electrons. The summed E-state index contributed by atoms with van der Waals surface area (Å²) in [5.74, 6) is 6.27. The monoisotopic (exact) mass is 182 g/mol. The molecular weight excluding hydrogens is 168 g/mol. The SMILES string of the molecule is CCC(C)Oc1cc(NN)ncn1. The Kier molecular flexibility index (Phi) is 3.45. The second-order valence-corrected chi connectivity index (χ2v) is 2.72. The van der Waals surface area contributed by atoms with Gasteiger partial charge in [0.15, 0.2) is 0 Å². The van der Waals surface area contributed by atoms with Gasteiger partial charge < -0.3 is 10.2 Å². The molecule has 72 valence electrons. The van der Waals surface area contributed by atoms with Gasteiger partial charge in [0, 0.05) is 6.07 Å². The van der Waals surface area contributed by atoms with E-state index in [1.165, 1.54) is 6.33 Å². The highest BCUT2D eigenvalue weighted by molar-refractivity contribution is 5.35. The zero-order valence-corrected chi connectivity index (χ0v) is 7.82. The van der Waals surface area contributed by atoms with E-state index in [1.807, 2.05) is 13.8 Å². The Morgan fingerprint density at radius 2 is 2.38 bits per heavy atom. The first-order chi connectivity index (χ1) is 6.26. The molecular formula is C8H14N4O. The molecule has 0 spiro atoms. The number of rotatable bonds is 4. The number of nitrogens with one attached hydrogen (secondary N) is 1. The van der Waals surface area contributed by atoms with Crippen LogP contribution in [0.3, 0.4) is 0 Å². The molecule has 0 aliphatic carbocycles. The standard InChI is InChI=1S/C8H14N4O/c1-3-6(2)13-8-4-7(12-9)10-5-11-8/h4-6H,3,9H2,1-2H3,(H,10,11,12). The van der Waals surface area contributed by atoms with Crippen molar-refractivity contribution in [1.29, 1.82) is 0 Å². The maximum Gasteiger partial charge on any atom is 0.218 e. The average Bonchev–Trinajstić information content (AvgIpc) is 2.18. The molecule has 3 N–H and O–H groups in total. The second kappa shape index (κ2) is 4.61. The van der Waals surface area contributed by atoms with Gasteiger partial charge in [0.2, 0.25) is 5.88 Å². The van der Waals surface area contributed by atoms with Crippen LogP contribution in [0.1, 0.15) is 20.3 Å². The van der Waals surface area contributed by atoms with Crippen molar-refractivity contribution in [3.63, 3.8) is 0 Å². The molecule has 1 heterocycles. The van der Waals surface area contributed by atoms with E-state index in [0.717, 1.165) is 6.42 Å². The summed E-state index contributed by atoms with van der Waals surface area (Å²) in [6, 6.07) is 1.66. The first kappa shape index (κ1) is 9.73. The summed E-state index contributed by atoms with van der Waals surface area (Å²) in [6.45, 7) is 4.03. The number of hydrogen-bond acceptors (Lipinski definition) is 5. The highest BCUT2D eigenvalue weighted by Gasteiger charge is 2.02. The van der Waals surface area contributed by atoms with E-state index < -0.39 is 0 Å². The number of hydrazine groups is 1. The quantitative estimate of drug-likeness (QED) is 0.535. The van der Waals surface area contributed by atoms with Crippen LogP contribution >= 0.6 is 0 Å². The van der Waals surface area contributed by atoms with Crippen LogP contribution in [-0.2, 0) is 0 Å². The number of ether oxygens (including phenoxy) is 1. The molecule has 13 heavy (non-hydrogen) atoms. The lowest BCUT2D eigenvalue weighted by atomic mass is 10.3. The molecule has 5 heteroatoms. The highest BCUT2D eigenvalue weighted by atomic mass is 16.5. The maximum absolute atomic E-state index is 5.46. The third-order valence-electron chi connectivity index (χ3n) is 1.69. The Hall–Kier alpha value is -1.36. The van der Waals surface area contributed by atoms with Gasteiger partial charge in [-0.2, -0.15) is 0 Å². The number of anilines is 1. The smallest absolute Gasteiger partial charge is 0.218 e. The van der Waals surface area contributed by atoms with E-state index in [2.05, 4.69) is 15.4 Å². The van der Waals surface area contributed by atoms with Crippen LogP contribution in [0.2, 0.25) is 0 Å². The maximum atomic E-state index is 5.46. The molecule has 0 aromatic carbocycles. The average molecular weight is 182 g/mol. The van der Waals surface area contributed by atoms with E-state index in [-0.39, 0.29) is 6.10 Å². The molecule has 1 rings (SSSR count). The molecule has 5 nitrogen and oxygen atoms in total. The molecule has 0 saturated heterocycles. The fourth-order valence-corrected chi connectivity index (χ4v) is 0.772. The zero-order chi connectivity index (χ0) is 9.68. The normalized spacial score (nSPS) is 12.2. The number of aromatic nitrogens is 2. The van der Waals surface area contributed by atoms with E-state index in [9.17, 15) is 0 Å². The predicted molar refractivity (Wildman–Crippen MR) is 50.2 cm³/mol. The van der Waals surface area contributed by atoms with Crippen LogP contribution in [-0.4, -0.2) is 16.1 Å². The lowest BCUT2D eigenvalue weighted by molar-refractivity contribution is 0.208. The van der Waals surface area contributed by atoms with E-state index in [4.69, 9.17) is 10.6 Å². The van der Waals surface area contributed by atoms with Gasteiger partial charge in [-0.1, -0.05) is 6.92 Å². The van der Waals surface area contributed by atoms with Crippen LogP contribution in [0.15, 0.2) is 12.4 Å². The Balaban J connectivity index is 2.66. The van der Waals surface area contributed by atoms with Crippen molar-refractivity contribution in [3.8, 4) is 5.88 Å². The molecule has 1 aromatic heterocycles. The first-order valence-corrected chi connectivity index (χ1v) is 4.21. The third kappa shape index (κ3) is 2.87. The Bertz CT molecular complexity index is 266. The third-order valence-corrected chi connectivity index (χ3v) is 1.69. The molecule has 0 aliphatic rings. The lowest BCUT2D eigenvalue weighted by Gasteiger charge is -2.11. The fraction of sp³-hybridized carbons (Fsp3) is 0.500. The van der Waals surface area contributed by atoms with E-state index >= 15 is 0 Å². The Labute approximate surface area is 77.3 Å². The summed E-state index contributed by atoms with van der Waals surface area (Å²) in [4.78, 5) is 7.81. The summed E-state index contributed by atoms with van der Waals surface area (Å²) in [6.07, 6.45) is 2.50. The summed E-state index contributed by atoms with van der Waals surface area (Å²) in [5, 5.41) is 0. The number of nitrogen functional groups attached to an aromatic ring is 1. The van der Waals surface area contributed by atoms with Crippen molar-refractivity contribution in [2.45, 2.75) is 26.4 Å². The van der Waals surface area contributed by atoms with Crippen molar-refractivity contribution in [2.75, 3.05) is 5.43 Å². The van der Waals surface area contributed by atoms with E-state index in [1.54, 1.807) is 6.07 Å². The number of hydrogen-bond donors (Lipinski definition) is 2. The first-order valence-electron chi connectivity index (χ1n) is 4.21. The molecule has 0 amide bonds. The van der Waals surface area contributed by atoms with Gasteiger partial charge in [0.1, 0.15) is 12.1 Å². The number of nitrogens with two attached hydrogens (primary N) is 1. The van der Waals surface area contributed by atoms with Gasteiger partial charge in [-0.05, 0) is 13.3 Å². The number of nitrogens with zero attached hydrogens (tertiary/aromatic N) is 2. The predicted octanol–water partition coefficient (Wildman–Crippen LogP) is 0.940. The van der Waals surface area contributed by atoms with Crippen LogP contribution in [0.25, 0.3) is 0 Å². The fourth-order valence-electron chi connectivity index (χ4n) is 0.772. The highest BCUT2D eigenvalue weighted by Crippen LogP contribution is 2.12. The minimum atomic E-state index is 0.153. The summed E-state index contributed by atoms with van der Waals surface area (Å²) < 4.78 is 5.46. The molecule has 1 aromatic rings. The van der Waals surface area contributed by atoms with Crippen molar-refractivity contribution < 1.29 is 4.74 Å². The van der Waals surface area contributed by atoms with Crippen LogP contribution in [0.5, 0.6) is 5.88 Å². The zero-order valence-electron chi connectivity index (χ0n) is 7.82. The molecule has 1 unspecified atom stereocenters. The Morgan fingerprint density at radius 1 is 1.62 bits per heavy atom. The van der Waals surface area contributed by atoms with Gasteiger partial charge in [0.25, 0.3) is 0 Å². The molecule has 0 bridgehead atoms. The molecule has 0 saturated carbocycles. The molecule has 0 aliphatic heterocycles. The second-order valence-electron chi connectivity index (χ2n) is 2.72. The minimum absolute atomic E-state index is 0.153. The topological polar surface area (TPSA) is 73.1 Å². The lowest BCUT2D eigenvalue weighted by Crippen LogP contribution is -2.13. The summed E-state index contributed by atoms with van der Waals surface area (Å²) >= 11 is 0. The minimum Gasteiger partial charge on any atom is -0.475 e. The van der Waals surface area contributed by atoms with Crippen molar-refractivity contribution in [2.24, 2.45) is 5.84 Å². The molecule has 0 fully saturated rings. The van der Waals surface area contributed by atoms with Crippen LogP contribution in [0.4, 0.5) is 5.82 Å². The van der Waals surface area contributed by atoms with Gasteiger partial charge in [-0.15, -0.1) is 0 Å². The van der Waals surface area contributed by atoms with Gasteiger partial charge >= 0.3 is 0 Å². The van der Waals surface area contributed by atoms with E-state index in [0.29, 0.717) is 11.7 Å². The summed E-state index contributed by atoms with van der Waals surface area (Å²) in [7, 11) is 0. The summed E-state index contributed by atoms with van der Waals surface area (Å²) in [5.41, 5.74) is 2.43. The molecule has 1 atom stereocenters. The van der Waals surface area contributed by atoms with Gasteiger partial charge in [0.05, 0.1) is 6.10 Å². The van der Waals surface area contributed by atoms with Crippen LogP contribution in [0, 0.1) is 0 Å². The Morgan fingerprint density at radius 3 is 3.00 bits per heavy atom. The van der Waals surface area contributed by atoms with Gasteiger partial charge in [-0.3, -0.25) is 0 Å². The van der Waals surface area contributed by atoms with Gasteiger partial charge in [-0.25, -0.2) is 15.8 Å². The van der Waals surface area contributed by atoms with Crippen molar-refractivity contribution >= 4 is 5.82 Å².